The lowest BCUT2D eigenvalue weighted by atomic mass is 10.1. The molecular weight excluding hydrogens is 320 g/mol. The first-order valence-electron chi connectivity index (χ1n) is 7.48. The van der Waals surface area contributed by atoms with Gasteiger partial charge in [-0.25, -0.2) is 9.97 Å². The van der Waals surface area contributed by atoms with Crippen molar-refractivity contribution in [2.24, 2.45) is 0 Å². The Balaban J connectivity index is 1.87. The van der Waals surface area contributed by atoms with Gasteiger partial charge in [-0.05, 0) is 19.1 Å². The predicted octanol–water partition coefficient (Wildman–Crippen LogP) is 3.10. The van der Waals surface area contributed by atoms with Crippen LogP contribution in [0.15, 0.2) is 54.3 Å². The van der Waals surface area contributed by atoms with Crippen LogP contribution < -0.4 is 5.73 Å². The van der Waals surface area contributed by atoms with Gasteiger partial charge in [0.1, 0.15) is 11.6 Å². The fraction of sp³-hybridized carbons (Fsp3) is 0.176. The molecule has 2 aromatic heterocycles. The first-order chi connectivity index (χ1) is 11.7. The maximum absolute atomic E-state index is 5.69. The van der Waals surface area contributed by atoms with Crippen molar-refractivity contribution >= 4 is 17.6 Å². The minimum absolute atomic E-state index is 0.466. The van der Waals surface area contributed by atoms with Gasteiger partial charge in [-0.1, -0.05) is 41.6 Å². The molecule has 0 saturated carbocycles. The van der Waals surface area contributed by atoms with E-state index in [9.17, 15) is 0 Å². The number of hydrogen-bond donors (Lipinski definition) is 1. The van der Waals surface area contributed by atoms with Crippen LogP contribution in [0.5, 0.6) is 0 Å². The summed E-state index contributed by atoms with van der Waals surface area (Å²) in [4.78, 5) is 8.43. The summed E-state index contributed by atoms with van der Waals surface area (Å²) in [6.45, 7) is 6.53. The van der Waals surface area contributed by atoms with Crippen LogP contribution >= 0.6 is 11.8 Å². The summed E-state index contributed by atoms with van der Waals surface area (Å²) in [6, 6.07) is 9.88. The van der Waals surface area contributed by atoms with Crippen molar-refractivity contribution in [2.45, 2.75) is 24.4 Å². The van der Waals surface area contributed by atoms with Crippen molar-refractivity contribution < 1.29 is 0 Å². The molecule has 0 bridgehead atoms. The van der Waals surface area contributed by atoms with Gasteiger partial charge in [0, 0.05) is 18.3 Å². The highest BCUT2D eigenvalue weighted by atomic mass is 32.2. The molecule has 0 spiro atoms. The Morgan fingerprint density at radius 1 is 1.29 bits per heavy atom. The first kappa shape index (κ1) is 16.2. The highest BCUT2D eigenvalue weighted by Gasteiger charge is 2.14. The monoisotopic (exact) mass is 338 g/mol. The van der Waals surface area contributed by atoms with E-state index in [1.54, 1.807) is 12.3 Å². The lowest BCUT2D eigenvalue weighted by Crippen LogP contribution is -2.02. The molecule has 0 unspecified atom stereocenters. The summed E-state index contributed by atoms with van der Waals surface area (Å²) in [5.41, 5.74) is 7.91. The Labute approximate surface area is 144 Å². The van der Waals surface area contributed by atoms with Crippen LogP contribution in [0.2, 0.25) is 0 Å². The van der Waals surface area contributed by atoms with Crippen molar-refractivity contribution in [1.82, 2.24) is 24.7 Å². The maximum Gasteiger partial charge on any atom is 0.192 e. The molecule has 2 heterocycles. The molecule has 3 aromatic rings. The zero-order valence-electron chi connectivity index (χ0n) is 13.4. The smallest absolute Gasteiger partial charge is 0.192 e. The van der Waals surface area contributed by atoms with Gasteiger partial charge in [-0.2, -0.15) is 0 Å². The van der Waals surface area contributed by atoms with Gasteiger partial charge in [-0.3, -0.25) is 4.57 Å². The Morgan fingerprint density at radius 3 is 2.92 bits per heavy atom. The second-order valence-electron chi connectivity index (χ2n) is 5.26. The van der Waals surface area contributed by atoms with E-state index in [-0.39, 0.29) is 0 Å². The van der Waals surface area contributed by atoms with Crippen LogP contribution in [0.4, 0.5) is 5.82 Å². The molecule has 0 atom stereocenters. The topological polar surface area (TPSA) is 82.5 Å². The van der Waals surface area contributed by atoms with Crippen molar-refractivity contribution in [3.05, 3.63) is 60.6 Å². The lowest BCUT2D eigenvalue weighted by molar-refractivity contribution is 0.730. The number of anilines is 1. The predicted molar refractivity (Wildman–Crippen MR) is 96.4 cm³/mol. The molecule has 0 amide bonds. The summed E-state index contributed by atoms with van der Waals surface area (Å²) in [5.74, 6) is 2.54. The summed E-state index contributed by atoms with van der Waals surface area (Å²) in [6.07, 6.45) is 3.49. The normalized spacial score (nSPS) is 10.7. The first-order valence-corrected chi connectivity index (χ1v) is 8.47. The number of benzene rings is 1. The zero-order chi connectivity index (χ0) is 16.9. The fourth-order valence-corrected chi connectivity index (χ4v) is 3.11. The van der Waals surface area contributed by atoms with Gasteiger partial charge < -0.3 is 5.73 Å². The number of rotatable bonds is 6. The maximum atomic E-state index is 5.69. The molecule has 2 N–H and O–H groups in total. The third-order valence-corrected chi connectivity index (χ3v) is 4.32. The van der Waals surface area contributed by atoms with E-state index >= 15 is 0 Å². The average Bonchev–Trinajstić information content (AvgIpc) is 2.96. The lowest BCUT2D eigenvalue weighted by Gasteiger charge is -2.08. The fourth-order valence-electron chi connectivity index (χ4n) is 2.30. The summed E-state index contributed by atoms with van der Waals surface area (Å²) >= 11 is 1.53. The molecule has 24 heavy (non-hydrogen) atoms. The minimum Gasteiger partial charge on any atom is -0.384 e. The van der Waals surface area contributed by atoms with Gasteiger partial charge in [0.05, 0.1) is 5.75 Å². The van der Waals surface area contributed by atoms with Crippen LogP contribution in [0.1, 0.15) is 11.4 Å². The average molecular weight is 338 g/mol. The van der Waals surface area contributed by atoms with Gasteiger partial charge in [0.25, 0.3) is 0 Å². The van der Waals surface area contributed by atoms with Gasteiger partial charge in [0.2, 0.25) is 0 Å². The number of nitrogens with two attached hydrogens (primary N) is 1. The number of thioether (sulfide) groups is 1. The molecule has 3 rings (SSSR count). The molecule has 1 aromatic carbocycles. The number of nitrogens with zero attached hydrogens (tertiary/aromatic N) is 5. The van der Waals surface area contributed by atoms with Crippen molar-refractivity contribution in [3.8, 4) is 11.4 Å². The highest BCUT2D eigenvalue weighted by molar-refractivity contribution is 7.98. The van der Waals surface area contributed by atoms with E-state index in [1.165, 1.54) is 17.3 Å². The molecule has 6 nitrogen and oxygen atoms in total. The number of allylic oxidation sites excluding steroid dienone is 1. The standard InChI is InChI=1S/C17H18N6S/c1-3-9-23-16(13-6-4-5-12(2)10-13)21-22-17(23)24-11-15-19-8-7-14(18)20-15/h3-8,10H,1,9,11H2,2H3,(H2,18,19,20). The van der Waals surface area contributed by atoms with E-state index in [4.69, 9.17) is 5.73 Å². The minimum atomic E-state index is 0.466. The van der Waals surface area contributed by atoms with Crippen molar-refractivity contribution in [2.75, 3.05) is 5.73 Å². The van der Waals surface area contributed by atoms with E-state index in [2.05, 4.69) is 45.8 Å². The Bertz CT molecular complexity index is 858. The molecule has 122 valence electrons. The molecular formula is C17H18N6S. The summed E-state index contributed by atoms with van der Waals surface area (Å²) < 4.78 is 2.04. The molecule has 0 fully saturated rings. The largest absolute Gasteiger partial charge is 0.384 e. The number of nitrogen functional groups attached to an aromatic ring is 1. The second-order valence-corrected chi connectivity index (χ2v) is 6.20. The summed E-state index contributed by atoms with van der Waals surface area (Å²) in [7, 11) is 0. The molecule has 0 radical (unpaired) electrons. The van der Waals surface area contributed by atoms with E-state index in [0.717, 1.165) is 16.5 Å². The SMILES string of the molecule is C=CCn1c(SCc2nccc(N)n2)nnc1-c1cccc(C)c1. The van der Waals surface area contributed by atoms with Crippen molar-refractivity contribution in [3.63, 3.8) is 0 Å². The van der Waals surface area contributed by atoms with Crippen LogP contribution in [-0.2, 0) is 12.3 Å². The van der Waals surface area contributed by atoms with E-state index in [1.807, 2.05) is 22.8 Å². The van der Waals surface area contributed by atoms with E-state index < -0.39 is 0 Å². The zero-order valence-corrected chi connectivity index (χ0v) is 14.2. The number of aryl methyl sites for hydroxylation is 1. The van der Waals surface area contributed by atoms with Crippen LogP contribution in [0.3, 0.4) is 0 Å². The molecule has 0 aliphatic rings. The van der Waals surface area contributed by atoms with Gasteiger partial charge in [0.15, 0.2) is 11.0 Å². The van der Waals surface area contributed by atoms with Crippen molar-refractivity contribution in [1.29, 1.82) is 0 Å². The number of hydrogen-bond acceptors (Lipinski definition) is 6. The molecule has 7 heteroatoms. The molecule has 0 saturated heterocycles. The van der Waals surface area contributed by atoms with Crippen LogP contribution in [0.25, 0.3) is 11.4 Å². The Morgan fingerprint density at radius 2 is 2.17 bits per heavy atom. The Hall–Kier alpha value is -2.67. The quantitative estimate of drug-likeness (QED) is 0.549. The van der Waals surface area contributed by atoms with E-state index in [0.29, 0.717) is 23.9 Å². The van der Waals surface area contributed by atoms with Crippen LogP contribution in [0, 0.1) is 6.92 Å². The molecule has 0 aliphatic carbocycles. The second kappa shape index (κ2) is 7.27. The van der Waals surface area contributed by atoms with Gasteiger partial charge >= 0.3 is 0 Å². The summed E-state index contributed by atoms with van der Waals surface area (Å²) in [5, 5.41) is 9.48. The molecule has 0 aliphatic heterocycles. The number of aromatic nitrogens is 5. The third kappa shape index (κ3) is 3.62. The van der Waals surface area contributed by atoms with Gasteiger partial charge in [-0.15, -0.1) is 16.8 Å². The van der Waals surface area contributed by atoms with Crippen LogP contribution in [-0.4, -0.2) is 24.7 Å². The Kier molecular flexibility index (Phi) is 4.90. The highest BCUT2D eigenvalue weighted by Crippen LogP contribution is 2.26. The third-order valence-electron chi connectivity index (χ3n) is 3.36.